The molecule has 0 saturated carbocycles. The van der Waals surface area contributed by atoms with Crippen LogP contribution in [0.2, 0.25) is 0 Å². The minimum absolute atomic E-state index is 0.110. The van der Waals surface area contributed by atoms with Crippen LogP contribution in [0.4, 0.5) is 16.3 Å². The summed E-state index contributed by atoms with van der Waals surface area (Å²) < 4.78 is 7.77. The predicted molar refractivity (Wildman–Crippen MR) is 164 cm³/mol. The number of aromatic nitrogens is 3. The number of nitrogens with two attached hydrogens (primary N) is 1. The molecule has 2 N–H and O–H groups in total. The first-order valence-electron chi connectivity index (χ1n) is 14.7. The first kappa shape index (κ1) is 27.8. The third-order valence-corrected chi connectivity index (χ3v) is 8.17. The van der Waals surface area contributed by atoms with Gasteiger partial charge in [-0.25, -0.2) is 14.8 Å². The van der Waals surface area contributed by atoms with Crippen LogP contribution in [-0.4, -0.2) is 56.7 Å². The molecule has 0 atom stereocenters. The number of carbonyl (C=O) groups excluding carboxylic acids is 2. The largest absolute Gasteiger partial charge is 0.444 e. The highest BCUT2D eigenvalue weighted by Gasteiger charge is 2.30. The summed E-state index contributed by atoms with van der Waals surface area (Å²) in [6.45, 7) is 9.59. The van der Waals surface area contributed by atoms with Gasteiger partial charge in [0.2, 0.25) is 5.91 Å². The molecular weight excluding hydrogens is 528 g/mol. The maximum absolute atomic E-state index is 13.2. The number of aryl methyl sites for hydroxylation is 1. The number of hydrogen-bond acceptors (Lipinski definition) is 6. The SMILES string of the molecule is Cc1cccc(CC(=O)N2CCc3cc(-c4cn(C5CCN(C(=O)OC(C)(C)C)CC5)c5ncnc(N)c45)ccc32)c1. The topological polar surface area (TPSA) is 107 Å². The molecule has 0 aliphatic carbocycles. The molecule has 0 radical (unpaired) electrons. The number of hydrogen-bond donors (Lipinski definition) is 1. The lowest BCUT2D eigenvalue weighted by molar-refractivity contribution is -0.117. The van der Waals surface area contributed by atoms with Gasteiger partial charge < -0.3 is 24.8 Å². The van der Waals surface area contributed by atoms with Crippen molar-refractivity contribution in [2.75, 3.05) is 30.3 Å². The van der Waals surface area contributed by atoms with Crippen LogP contribution in [0.1, 0.15) is 56.3 Å². The Morgan fingerprint density at radius 2 is 1.83 bits per heavy atom. The molecule has 1 fully saturated rings. The lowest BCUT2D eigenvalue weighted by Crippen LogP contribution is -2.42. The van der Waals surface area contributed by atoms with E-state index in [0.29, 0.717) is 31.9 Å². The number of anilines is 2. The van der Waals surface area contributed by atoms with Crippen LogP contribution in [0.3, 0.4) is 0 Å². The Kier molecular flexibility index (Phi) is 7.12. The van der Waals surface area contributed by atoms with E-state index >= 15 is 0 Å². The summed E-state index contributed by atoms with van der Waals surface area (Å²) in [6, 6.07) is 14.6. The Balaban J connectivity index is 1.25. The molecule has 42 heavy (non-hydrogen) atoms. The van der Waals surface area contributed by atoms with Crippen LogP contribution < -0.4 is 10.6 Å². The summed E-state index contributed by atoms with van der Waals surface area (Å²) in [5.41, 5.74) is 13.0. The van der Waals surface area contributed by atoms with Crippen LogP contribution in [0.5, 0.6) is 0 Å². The normalized spacial score (nSPS) is 15.7. The van der Waals surface area contributed by atoms with E-state index < -0.39 is 5.60 Å². The Hall–Kier alpha value is -4.40. The van der Waals surface area contributed by atoms with Gasteiger partial charge in [0.05, 0.1) is 11.8 Å². The smallest absolute Gasteiger partial charge is 0.410 e. The summed E-state index contributed by atoms with van der Waals surface area (Å²) in [5, 5.41) is 0.831. The summed E-state index contributed by atoms with van der Waals surface area (Å²) in [6.07, 6.45) is 6.13. The molecule has 4 heterocycles. The Morgan fingerprint density at radius 3 is 2.57 bits per heavy atom. The van der Waals surface area contributed by atoms with Gasteiger partial charge in [-0.05, 0) is 75.8 Å². The molecular formula is C33H38N6O3. The van der Waals surface area contributed by atoms with Gasteiger partial charge in [0.25, 0.3) is 0 Å². The lowest BCUT2D eigenvalue weighted by Gasteiger charge is -2.34. The minimum Gasteiger partial charge on any atom is -0.444 e. The van der Waals surface area contributed by atoms with E-state index in [1.54, 1.807) is 4.90 Å². The zero-order chi connectivity index (χ0) is 29.6. The first-order chi connectivity index (χ1) is 20.1. The van der Waals surface area contributed by atoms with Crippen molar-refractivity contribution in [2.24, 2.45) is 0 Å². The van der Waals surface area contributed by atoms with Crippen LogP contribution >= 0.6 is 0 Å². The second kappa shape index (κ2) is 10.8. The van der Waals surface area contributed by atoms with Crippen LogP contribution in [0.25, 0.3) is 22.2 Å². The quantitative estimate of drug-likeness (QED) is 0.340. The number of ether oxygens (including phenoxy) is 1. The van der Waals surface area contributed by atoms with Crippen molar-refractivity contribution in [2.45, 2.75) is 65.0 Å². The van der Waals surface area contributed by atoms with Crippen LogP contribution in [-0.2, 0) is 22.4 Å². The lowest BCUT2D eigenvalue weighted by atomic mass is 10.0. The second-order valence-electron chi connectivity index (χ2n) is 12.4. The number of fused-ring (bicyclic) bond motifs is 2. The highest BCUT2D eigenvalue weighted by Crippen LogP contribution is 2.39. The fourth-order valence-corrected chi connectivity index (χ4v) is 6.18. The third-order valence-electron chi connectivity index (χ3n) is 8.17. The van der Waals surface area contributed by atoms with Crippen molar-refractivity contribution < 1.29 is 14.3 Å². The number of carbonyl (C=O) groups is 2. The number of piperidine rings is 1. The van der Waals surface area contributed by atoms with E-state index in [4.69, 9.17) is 10.5 Å². The monoisotopic (exact) mass is 566 g/mol. The minimum atomic E-state index is -0.519. The van der Waals surface area contributed by atoms with Crippen molar-refractivity contribution in [3.8, 4) is 11.1 Å². The van der Waals surface area contributed by atoms with E-state index in [1.807, 2.05) is 56.9 Å². The maximum Gasteiger partial charge on any atom is 0.410 e. The molecule has 0 spiro atoms. The standard InChI is InChI=1S/C33H38N6O3/c1-21-6-5-7-22(16-21)17-28(40)38-15-10-24-18-23(8-9-27(24)38)26-19-39(31-29(26)30(34)35-20-36-31)25-11-13-37(14-12-25)32(41)42-33(2,3)4/h5-9,16,18-20,25H,10-15,17H2,1-4H3,(H2,34,35,36). The molecule has 0 unspecified atom stereocenters. The van der Waals surface area contributed by atoms with E-state index in [0.717, 1.165) is 63.8 Å². The number of nitrogen functional groups attached to an aromatic ring is 1. The fraction of sp³-hybridized carbons (Fsp3) is 0.394. The molecule has 0 bridgehead atoms. The average molecular weight is 567 g/mol. The van der Waals surface area contributed by atoms with Gasteiger partial charge in [-0.2, -0.15) is 0 Å². The van der Waals surface area contributed by atoms with Crippen molar-refractivity contribution in [1.82, 2.24) is 19.4 Å². The van der Waals surface area contributed by atoms with Crippen molar-refractivity contribution in [3.63, 3.8) is 0 Å². The molecule has 6 rings (SSSR count). The number of nitrogens with zero attached hydrogens (tertiary/aromatic N) is 5. The number of rotatable bonds is 4. The first-order valence-corrected chi connectivity index (χ1v) is 14.7. The summed E-state index contributed by atoms with van der Waals surface area (Å²) >= 11 is 0. The van der Waals surface area contributed by atoms with Crippen molar-refractivity contribution >= 4 is 34.5 Å². The van der Waals surface area contributed by atoms with E-state index in [1.165, 1.54) is 6.33 Å². The third kappa shape index (κ3) is 5.43. The molecule has 2 aromatic carbocycles. The van der Waals surface area contributed by atoms with Crippen LogP contribution in [0, 0.1) is 6.92 Å². The molecule has 4 aromatic rings. The average Bonchev–Trinajstić information content (AvgIpc) is 3.55. The summed E-state index contributed by atoms with van der Waals surface area (Å²) in [4.78, 5) is 38.5. The Labute approximate surface area is 246 Å². The Morgan fingerprint density at radius 1 is 1.05 bits per heavy atom. The van der Waals surface area contributed by atoms with Gasteiger partial charge in [-0.1, -0.05) is 35.9 Å². The summed E-state index contributed by atoms with van der Waals surface area (Å²) in [5.74, 6) is 0.550. The molecule has 2 amide bonds. The second-order valence-corrected chi connectivity index (χ2v) is 12.4. The van der Waals surface area contributed by atoms with Gasteiger partial charge in [0.1, 0.15) is 23.4 Å². The molecule has 9 nitrogen and oxygen atoms in total. The van der Waals surface area contributed by atoms with Gasteiger partial charge in [-0.15, -0.1) is 0 Å². The molecule has 218 valence electrons. The fourth-order valence-electron chi connectivity index (χ4n) is 6.18. The van der Waals surface area contributed by atoms with E-state index in [9.17, 15) is 9.59 Å². The zero-order valence-electron chi connectivity index (χ0n) is 24.8. The molecule has 1 saturated heterocycles. The highest BCUT2D eigenvalue weighted by molar-refractivity contribution is 6.02. The predicted octanol–water partition coefficient (Wildman–Crippen LogP) is 5.69. The van der Waals surface area contributed by atoms with Crippen LogP contribution in [0.15, 0.2) is 55.0 Å². The number of amides is 2. The number of benzene rings is 2. The number of likely N-dealkylation sites (tertiary alicyclic amines) is 1. The van der Waals surface area contributed by atoms with E-state index in [-0.39, 0.29) is 18.0 Å². The molecule has 9 heteroatoms. The van der Waals surface area contributed by atoms with Gasteiger partial charge in [0, 0.05) is 43.1 Å². The maximum atomic E-state index is 13.2. The zero-order valence-corrected chi connectivity index (χ0v) is 24.8. The molecule has 2 aliphatic rings. The molecule has 2 aliphatic heterocycles. The Bertz CT molecular complexity index is 1660. The van der Waals surface area contributed by atoms with Crippen molar-refractivity contribution in [3.05, 3.63) is 71.7 Å². The van der Waals surface area contributed by atoms with Gasteiger partial charge in [0.15, 0.2) is 0 Å². The van der Waals surface area contributed by atoms with E-state index in [2.05, 4.69) is 38.9 Å². The van der Waals surface area contributed by atoms with Gasteiger partial charge in [-0.3, -0.25) is 4.79 Å². The molecule has 2 aromatic heterocycles. The van der Waals surface area contributed by atoms with Crippen molar-refractivity contribution in [1.29, 1.82) is 0 Å². The highest BCUT2D eigenvalue weighted by atomic mass is 16.6. The van der Waals surface area contributed by atoms with Gasteiger partial charge >= 0.3 is 6.09 Å². The summed E-state index contributed by atoms with van der Waals surface area (Å²) in [7, 11) is 0.